The van der Waals surface area contributed by atoms with E-state index in [4.69, 9.17) is 4.74 Å². The molecule has 0 aromatic heterocycles. The van der Waals surface area contributed by atoms with Crippen LogP contribution in [0.5, 0.6) is 0 Å². The third kappa shape index (κ3) is 4.28. The fourth-order valence-electron chi connectivity index (χ4n) is 3.20. The minimum absolute atomic E-state index is 0.232. The molecule has 1 heterocycles. The molecular weight excluding hydrogens is 306 g/mol. The van der Waals surface area contributed by atoms with Crippen molar-refractivity contribution < 1.29 is 4.74 Å². The Morgan fingerprint density at radius 3 is 2.08 bits per heavy atom. The van der Waals surface area contributed by atoms with Crippen LogP contribution in [0.4, 0.5) is 0 Å². The summed E-state index contributed by atoms with van der Waals surface area (Å²) in [7, 11) is 0. The molecule has 1 aliphatic heterocycles. The van der Waals surface area contributed by atoms with Crippen molar-refractivity contribution in [3.8, 4) is 0 Å². The Morgan fingerprint density at radius 2 is 1.60 bits per heavy atom. The minimum atomic E-state index is 0.232. The Hall–Kier alpha value is -2.58. The highest BCUT2D eigenvalue weighted by Gasteiger charge is 2.35. The van der Waals surface area contributed by atoms with Crippen molar-refractivity contribution >= 4 is 0 Å². The van der Waals surface area contributed by atoms with E-state index in [-0.39, 0.29) is 12.1 Å². The molecule has 0 amide bonds. The van der Waals surface area contributed by atoms with Gasteiger partial charge >= 0.3 is 0 Å². The zero-order valence-corrected chi connectivity index (χ0v) is 14.7. The molecular formula is C23H25NO. The van der Waals surface area contributed by atoms with Gasteiger partial charge in [0.1, 0.15) is 11.9 Å². The molecule has 1 saturated heterocycles. The fraction of sp³-hybridized carbons (Fsp3) is 0.217. The van der Waals surface area contributed by atoms with E-state index < -0.39 is 0 Å². The van der Waals surface area contributed by atoms with Crippen molar-refractivity contribution in [3.05, 3.63) is 108 Å². The lowest BCUT2D eigenvalue weighted by Crippen LogP contribution is -2.53. The summed E-state index contributed by atoms with van der Waals surface area (Å²) in [6.07, 6.45) is 7.86. The van der Waals surface area contributed by atoms with Gasteiger partial charge in [0.25, 0.3) is 0 Å². The highest BCUT2D eigenvalue weighted by Crippen LogP contribution is 2.33. The van der Waals surface area contributed by atoms with Crippen molar-refractivity contribution in [2.75, 3.05) is 13.1 Å². The molecule has 128 valence electrons. The Kier molecular flexibility index (Phi) is 5.86. The molecule has 0 bridgehead atoms. The Bertz CT molecular complexity index is 688. The number of likely N-dealkylation sites (tertiary alicyclic amines) is 1. The van der Waals surface area contributed by atoms with E-state index >= 15 is 0 Å². The molecule has 2 aromatic rings. The van der Waals surface area contributed by atoms with E-state index in [0.717, 1.165) is 18.8 Å². The van der Waals surface area contributed by atoms with Crippen LogP contribution in [-0.4, -0.2) is 24.1 Å². The number of hydrogen-bond donors (Lipinski definition) is 0. The Balaban J connectivity index is 1.71. The summed E-state index contributed by atoms with van der Waals surface area (Å²) >= 11 is 0. The first-order chi connectivity index (χ1) is 12.3. The second kappa shape index (κ2) is 8.50. The molecule has 0 radical (unpaired) electrons. The largest absolute Gasteiger partial charge is 0.488 e. The predicted octanol–water partition coefficient (Wildman–Crippen LogP) is 5.12. The van der Waals surface area contributed by atoms with E-state index in [9.17, 15) is 0 Å². The molecule has 0 atom stereocenters. The van der Waals surface area contributed by atoms with E-state index in [0.29, 0.717) is 0 Å². The van der Waals surface area contributed by atoms with Gasteiger partial charge in [-0.05, 0) is 30.2 Å². The molecule has 0 saturated carbocycles. The first-order valence-electron chi connectivity index (χ1n) is 8.78. The van der Waals surface area contributed by atoms with Crippen LogP contribution in [-0.2, 0) is 4.74 Å². The zero-order valence-electron chi connectivity index (χ0n) is 14.7. The van der Waals surface area contributed by atoms with Gasteiger partial charge in [-0.1, -0.05) is 79.4 Å². The molecule has 0 aliphatic carbocycles. The van der Waals surface area contributed by atoms with E-state index in [1.807, 2.05) is 25.2 Å². The summed E-state index contributed by atoms with van der Waals surface area (Å²) in [5, 5.41) is 0. The highest BCUT2D eigenvalue weighted by atomic mass is 16.5. The lowest BCUT2D eigenvalue weighted by molar-refractivity contribution is -0.0332. The number of allylic oxidation sites excluding steroid dienone is 4. The Morgan fingerprint density at radius 1 is 1.04 bits per heavy atom. The van der Waals surface area contributed by atoms with Crippen LogP contribution in [0.1, 0.15) is 24.1 Å². The van der Waals surface area contributed by atoms with Crippen molar-refractivity contribution in [2.45, 2.75) is 19.1 Å². The summed E-state index contributed by atoms with van der Waals surface area (Å²) in [5.74, 6) is 0.903. The fourth-order valence-corrected chi connectivity index (χ4v) is 3.20. The molecule has 2 aromatic carbocycles. The molecule has 1 aliphatic rings. The maximum absolute atomic E-state index is 6.07. The van der Waals surface area contributed by atoms with E-state index in [1.165, 1.54) is 11.1 Å². The summed E-state index contributed by atoms with van der Waals surface area (Å²) in [5.41, 5.74) is 2.65. The van der Waals surface area contributed by atoms with Gasteiger partial charge in [-0.3, -0.25) is 4.90 Å². The van der Waals surface area contributed by atoms with Crippen LogP contribution in [0.25, 0.3) is 0 Å². The van der Waals surface area contributed by atoms with Gasteiger partial charge in [-0.2, -0.15) is 0 Å². The molecule has 3 rings (SSSR count). The quantitative estimate of drug-likeness (QED) is 0.515. The average Bonchev–Trinajstić information content (AvgIpc) is 2.64. The second-order valence-corrected chi connectivity index (χ2v) is 6.20. The lowest BCUT2D eigenvalue weighted by Gasteiger charge is -2.44. The van der Waals surface area contributed by atoms with Gasteiger partial charge in [-0.25, -0.2) is 0 Å². The number of hydrogen-bond acceptors (Lipinski definition) is 2. The molecule has 1 fully saturated rings. The van der Waals surface area contributed by atoms with Crippen LogP contribution in [0.15, 0.2) is 97.3 Å². The van der Waals surface area contributed by atoms with Gasteiger partial charge in [0.2, 0.25) is 0 Å². The normalized spacial score (nSPS) is 16.2. The topological polar surface area (TPSA) is 12.5 Å². The smallest absolute Gasteiger partial charge is 0.124 e. The first-order valence-corrected chi connectivity index (χ1v) is 8.78. The summed E-state index contributed by atoms with van der Waals surface area (Å²) in [6.45, 7) is 7.55. The van der Waals surface area contributed by atoms with Crippen molar-refractivity contribution in [1.29, 1.82) is 0 Å². The third-order valence-corrected chi connectivity index (χ3v) is 4.46. The van der Waals surface area contributed by atoms with Gasteiger partial charge in [-0.15, -0.1) is 0 Å². The first kappa shape index (κ1) is 17.2. The Labute approximate surface area is 150 Å². The van der Waals surface area contributed by atoms with Crippen LogP contribution >= 0.6 is 0 Å². The maximum Gasteiger partial charge on any atom is 0.124 e. The van der Waals surface area contributed by atoms with Crippen molar-refractivity contribution in [3.63, 3.8) is 0 Å². The standard InChI is InChI=1S/C23H25NO/c1-3-5-16-21(4-2)25-22-17-24(18-22)23(19-12-8-6-9-13-19)20-14-10-7-11-15-20/h3-16,22-23H,1,17-18H2,2H3/b16-5-,21-4+. The molecule has 0 unspecified atom stereocenters. The number of benzene rings is 2. The number of ether oxygens (including phenoxy) is 1. The summed E-state index contributed by atoms with van der Waals surface area (Å²) < 4.78 is 6.07. The molecule has 0 spiro atoms. The van der Waals surface area contributed by atoms with Gasteiger partial charge in [0, 0.05) is 13.1 Å². The second-order valence-electron chi connectivity index (χ2n) is 6.20. The lowest BCUT2D eigenvalue weighted by atomic mass is 9.94. The minimum Gasteiger partial charge on any atom is -0.488 e. The van der Waals surface area contributed by atoms with E-state index in [1.54, 1.807) is 6.08 Å². The summed E-state index contributed by atoms with van der Waals surface area (Å²) in [6, 6.07) is 21.7. The van der Waals surface area contributed by atoms with Crippen LogP contribution in [0.3, 0.4) is 0 Å². The molecule has 0 N–H and O–H groups in total. The average molecular weight is 331 g/mol. The van der Waals surface area contributed by atoms with Gasteiger partial charge < -0.3 is 4.74 Å². The maximum atomic E-state index is 6.07. The zero-order chi connectivity index (χ0) is 17.5. The number of nitrogens with zero attached hydrogens (tertiary/aromatic N) is 1. The summed E-state index contributed by atoms with van der Waals surface area (Å²) in [4.78, 5) is 2.47. The highest BCUT2D eigenvalue weighted by molar-refractivity contribution is 5.32. The van der Waals surface area contributed by atoms with E-state index in [2.05, 4.69) is 72.1 Å². The third-order valence-electron chi connectivity index (χ3n) is 4.46. The van der Waals surface area contributed by atoms with Crippen LogP contribution in [0, 0.1) is 0 Å². The van der Waals surface area contributed by atoms with Crippen molar-refractivity contribution in [1.82, 2.24) is 4.90 Å². The van der Waals surface area contributed by atoms with Gasteiger partial charge in [0.15, 0.2) is 0 Å². The van der Waals surface area contributed by atoms with Crippen molar-refractivity contribution in [2.24, 2.45) is 0 Å². The molecule has 25 heavy (non-hydrogen) atoms. The van der Waals surface area contributed by atoms with Gasteiger partial charge in [0.05, 0.1) is 6.04 Å². The molecule has 2 nitrogen and oxygen atoms in total. The van der Waals surface area contributed by atoms with Crippen LogP contribution < -0.4 is 0 Å². The molecule has 2 heteroatoms. The van der Waals surface area contributed by atoms with Crippen LogP contribution in [0.2, 0.25) is 0 Å². The predicted molar refractivity (Wildman–Crippen MR) is 104 cm³/mol. The number of rotatable bonds is 7. The SMILES string of the molecule is C=C/C=C\C(=C/C)OC1CN(C(c2ccccc2)c2ccccc2)C1. The monoisotopic (exact) mass is 331 g/mol.